The van der Waals surface area contributed by atoms with Gasteiger partial charge in [-0.2, -0.15) is 5.10 Å². The van der Waals surface area contributed by atoms with Gasteiger partial charge in [0.1, 0.15) is 5.69 Å². The summed E-state index contributed by atoms with van der Waals surface area (Å²) in [7, 11) is 1.78. The van der Waals surface area contributed by atoms with Gasteiger partial charge in [0.25, 0.3) is 11.5 Å². The van der Waals surface area contributed by atoms with E-state index < -0.39 is 12.0 Å². The molecule has 3 aliphatic heterocycles. The summed E-state index contributed by atoms with van der Waals surface area (Å²) < 4.78 is 5.05. The summed E-state index contributed by atoms with van der Waals surface area (Å²) in [5.41, 5.74) is 6.02. The number of aromatic nitrogens is 4. The van der Waals surface area contributed by atoms with Crippen molar-refractivity contribution in [2.75, 3.05) is 18.4 Å². The van der Waals surface area contributed by atoms with Gasteiger partial charge < -0.3 is 15.1 Å². The fraction of sp³-hybridized carbons (Fsp3) is 0.342. The van der Waals surface area contributed by atoms with Crippen LogP contribution in [0.1, 0.15) is 61.7 Å². The lowest BCUT2D eigenvalue weighted by molar-refractivity contribution is -0.125. The summed E-state index contributed by atoms with van der Waals surface area (Å²) >= 11 is 1.62. The minimum atomic E-state index is -0.798. The molecular weight excluding hydrogens is 651 g/mol. The largest absolute Gasteiger partial charge is 0.382 e. The van der Waals surface area contributed by atoms with Crippen LogP contribution >= 0.6 is 11.8 Å². The number of likely N-dealkylation sites (tertiary alicyclic amines) is 1. The predicted molar refractivity (Wildman–Crippen MR) is 200 cm³/mol. The number of oxime groups is 1. The van der Waals surface area contributed by atoms with Crippen molar-refractivity contribution < 1.29 is 14.4 Å². The number of rotatable bonds is 7. The van der Waals surface area contributed by atoms with Crippen molar-refractivity contribution in [1.82, 2.24) is 24.0 Å². The van der Waals surface area contributed by atoms with Crippen LogP contribution in [0.4, 0.5) is 5.69 Å². The molecule has 1 saturated heterocycles. The number of hydrogen-bond donors (Lipinski definition) is 1. The number of hydrogen-bond acceptors (Lipinski definition) is 8. The van der Waals surface area contributed by atoms with Gasteiger partial charge in [0, 0.05) is 50.9 Å². The lowest BCUT2D eigenvalue weighted by Crippen LogP contribution is -2.30. The zero-order chi connectivity index (χ0) is 34.7. The summed E-state index contributed by atoms with van der Waals surface area (Å²) in [5.74, 6) is -0.256. The first-order valence-corrected chi connectivity index (χ1v) is 17.3. The van der Waals surface area contributed by atoms with Crippen LogP contribution in [0.3, 0.4) is 0 Å². The van der Waals surface area contributed by atoms with Crippen LogP contribution in [-0.2, 0) is 28.0 Å². The number of nitrogens with zero attached hydrogens (tertiary/aromatic N) is 6. The van der Waals surface area contributed by atoms with E-state index in [1.165, 1.54) is 23.1 Å². The number of ketones is 1. The number of carbonyl (C=O) groups is 2. The van der Waals surface area contributed by atoms with Crippen LogP contribution in [0.25, 0.3) is 11.8 Å². The number of benzene rings is 2. The van der Waals surface area contributed by atoms with Gasteiger partial charge in [-0.15, -0.1) is 0 Å². The Morgan fingerprint density at radius 1 is 1.06 bits per heavy atom. The van der Waals surface area contributed by atoms with E-state index in [9.17, 15) is 14.4 Å². The van der Waals surface area contributed by atoms with E-state index in [0.29, 0.717) is 17.8 Å². The molecule has 1 fully saturated rings. The second kappa shape index (κ2) is 15.6. The number of anilines is 1. The molecule has 50 heavy (non-hydrogen) atoms. The summed E-state index contributed by atoms with van der Waals surface area (Å²) in [5, 5.41) is 12.4. The highest BCUT2D eigenvalue weighted by molar-refractivity contribution is 8.08. The van der Waals surface area contributed by atoms with Gasteiger partial charge >= 0.3 is 0 Å². The van der Waals surface area contributed by atoms with Crippen LogP contribution in [0.5, 0.6) is 0 Å². The van der Waals surface area contributed by atoms with Gasteiger partial charge in [0.05, 0.1) is 32.7 Å². The maximum Gasteiger partial charge on any atom is 0.295 e. The number of allylic oxidation sites excluding steroid dienone is 2. The molecular formula is C38H45N7O4S. The fourth-order valence-corrected chi connectivity index (χ4v) is 7.09. The van der Waals surface area contributed by atoms with Crippen molar-refractivity contribution in [2.24, 2.45) is 12.2 Å². The molecule has 0 spiro atoms. The van der Waals surface area contributed by atoms with Crippen molar-refractivity contribution in [3.8, 4) is 5.69 Å². The van der Waals surface area contributed by atoms with Crippen LogP contribution in [0.15, 0.2) is 86.8 Å². The quantitative estimate of drug-likeness (QED) is 0.224. The molecule has 1 amide bonds. The number of nitrogens with one attached hydrogen (secondary N) is 1. The van der Waals surface area contributed by atoms with E-state index in [2.05, 4.69) is 39.5 Å². The number of carbonyl (C=O) groups excluding carboxylic acids is 2. The molecule has 262 valence electrons. The Hall–Kier alpha value is -5.10. The predicted octanol–water partition coefficient (Wildman–Crippen LogP) is 6.37. The molecule has 12 heteroatoms. The van der Waals surface area contributed by atoms with Crippen molar-refractivity contribution in [3.63, 3.8) is 0 Å². The Morgan fingerprint density at radius 2 is 1.80 bits per heavy atom. The molecule has 0 bridgehead atoms. The monoisotopic (exact) mass is 695 g/mol. The summed E-state index contributed by atoms with van der Waals surface area (Å²) in [4.78, 5) is 46.4. The molecule has 11 nitrogen and oxygen atoms in total. The Balaban J connectivity index is 0.000000209. The maximum atomic E-state index is 13.0. The lowest BCUT2D eigenvalue weighted by Gasteiger charge is -2.16. The first kappa shape index (κ1) is 36.2. The van der Waals surface area contributed by atoms with Crippen molar-refractivity contribution in [3.05, 3.63) is 115 Å². The number of amides is 1. The van der Waals surface area contributed by atoms with Gasteiger partial charge in [-0.1, -0.05) is 72.4 Å². The summed E-state index contributed by atoms with van der Waals surface area (Å²) in [6, 6.07) is 17.5. The van der Waals surface area contributed by atoms with Crippen LogP contribution in [0, 0.1) is 20.8 Å². The van der Waals surface area contributed by atoms with E-state index >= 15 is 0 Å². The minimum absolute atomic E-state index is 0. The molecule has 4 aromatic rings. The zero-order valence-corrected chi connectivity index (χ0v) is 29.3. The highest BCUT2D eigenvalue weighted by Gasteiger charge is 2.32. The summed E-state index contributed by atoms with van der Waals surface area (Å²) in [6.45, 7) is 10.7. The number of para-hydroxylation sites is 1. The highest BCUT2D eigenvalue weighted by Crippen LogP contribution is 2.38. The lowest BCUT2D eigenvalue weighted by atomic mass is 10.1. The van der Waals surface area contributed by atoms with Gasteiger partial charge in [-0.25, -0.2) is 4.68 Å². The molecule has 0 saturated carbocycles. The number of aryl methyl sites for hydroxylation is 3. The molecule has 1 atom stereocenters. The molecule has 2 aromatic heterocycles. The Morgan fingerprint density at radius 3 is 2.48 bits per heavy atom. The third-order valence-corrected chi connectivity index (χ3v) is 9.94. The normalized spacial score (nSPS) is 17.5. The van der Waals surface area contributed by atoms with Gasteiger partial charge in [-0.3, -0.25) is 23.7 Å². The second-order valence-corrected chi connectivity index (χ2v) is 13.4. The Labute approximate surface area is 297 Å². The molecule has 1 unspecified atom stereocenters. The van der Waals surface area contributed by atoms with Gasteiger partial charge in [0.2, 0.25) is 6.10 Å². The highest BCUT2D eigenvalue weighted by atomic mass is 32.2. The number of thioether (sulfide) groups is 1. The van der Waals surface area contributed by atoms with Crippen molar-refractivity contribution in [1.29, 1.82) is 0 Å². The first-order valence-electron chi connectivity index (χ1n) is 16.5. The van der Waals surface area contributed by atoms with Crippen molar-refractivity contribution in [2.45, 2.75) is 67.0 Å². The van der Waals surface area contributed by atoms with Crippen LogP contribution in [-0.4, -0.2) is 60.6 Å². The molecule has 5 heterocycles. The van der Waals surface area contributed by atoms with Gasteiger partial charge in [0.15, 0.2) is 5.78 Å². The molecule has 0 radical (unpaired) electrons. The van der Waals surface area contributed by atoms with E-state index in [1.54, 1.807) is 36.5 Å². The smallest absolute Gasteiger partial charge is 0.295 e. The molecule has 0 aliphatic carbocycles. The van der Waals surface area contributed by atoms with E-state index in [0.717, 1.165) is 52.1 Å². The third-order valence-electron chi connectivity index (χ3n) is 8.81. The van der Waals surface area contributed by atoms with E-state index in [-0.39, 0.29) is 24.5 Å². The van der Waals surface area contributed by atoms with Gasteiger partial charge in [-0.05, 0) is 64.3 Å². The van der Waals surface area contributed by atoms with Crippen molar-refractivity contribution >= 4 is 40.9 Å². The second-order valence-electron chi connectivity index (χ2n) is 12.3. The van der Waals surface area contributed by atoms with Crippen LogP contribution < -0.4 is 10.9 Å². The summed E-state index contributed by atoms with van der Waals surface area (Å²) in [6.07, 6.45) is 7.69. The van der Waals surface area contributed by atoms with E-state index in [1.807, 2.05) is 73.3 Å². The first-order chi connectivity index (χ1) is 23.6. The maximum absolute atomic E-state index is 13.0. The topological polar surface area (TPSA) is 116 Å². The van der Waals surface area contributed by atoms with E-state index in [4.69, 9.17) is 4.84 Å². The molecule has 7 rings (SSSR count). The average Bonchev–Trinajstić information content (AvgIpc) is 3.93. The Bertz CT molecular complexity index is 2030. The minimum Gasteiger partial charge on any atom is -0.382 e. The SMILES string of the molecule is C.CCn1cc(C2=NOC(C(=O)Nc3c(C)n(C)n(-c4ccccc4)c3=O)C2)c(C)n1.Cc1cccc(/C=C2/SC(N3CCCC3)=CC2=O)c1. The Kier molecular flexibility index (Phi) is 11.3. The third kappa shape index (κ3) is 7.70. The molecule has 2 aromatic carbocycles. The van der Waals surface area contributed by atoms with Crippen LogP contribution in [0.2, 0.25) is 0 Å². The zero-order valence-electron chi connectivity index (χ0n) is 28.5. The average molecular weight is 696 g/mol. The molecule has 1 N–H and O–H groups in total. The molecule has 3 aliphatic rings. The fourth-order valence-electron chi connectivity index (χ4n) is 6.04. The standard InChI is InChI=1S/C21H24N6O3.C16H17NOS.CH4/c1-5-26-12-16(13(2)23-26)17-11-18(30-24-17)20(28)22-19-14(3)25(4)27(21(19)29)15-9-7-6-8-10-15;1-12-5-4-6-13(9-12)10-15-14(18)11-16(19-15)17-7-2-3-8-17;/h6-10,12,18H,5,11H2,1-4H3,(H,22,28);4-6,9-11H,2-3,7-8H2,1H3;1H4/b;15-10+;.